The van der Waals surface area contributed by atoms with Gasteiger partial charge in [-0.2, -0.15) is 0 Å². The predicted molar refractivity (Wildman–Crippen MR) is 119 cm³/mol. The van der Waals surface area contributed by atoms with E-state index in [1.165, 1.54) is 30.3 Å². The molecule has 2 aromatic rings. The lowest BCUT2D eigenvalue weighted by molar-refractivity contribution is -0.0413. The van der Waals surface area contributed by atoms with Crippen molar-refractivity contribution < 1.29 is 22.7 Å². The molecule has 2 aliphatic rings. The second kappa shape index (κ2) is 8.14. The summed E-state index contributed by atoms with van der Waals surface area (Å²) in [5.41, 5.74) is -0.790. The molecule has 0 saturated heterocycles. The molecular formula is C23H22ClFN2O4S. The highest BCUT2D eigenvalue weighted by molar-refractivity contribution is 7.92. The molecule has 0 spiro atoms. The highest BCUT2D eigenvalue weighted by Gasteiger charge is 2.53. The molecule has 6 nitrogen and oxygen atoms in total. The fourth-order valence-electron chi connectivity index (χ4n) is 4.94. The molecule has 2 N–H and O–H groups in total. The number of carbonyl (C=O) groups excluding carboxylic acids is 1. The molecule has 32 heavy (non-hydrogen) atoms. The van der Waals surface area contributed by atoms with Crippen LogP contribution in [0.25, 0.3) is 4.85 Å². The Labute approximate surface area is 191 Å². The van der Waals surface area contributed by atoms with E-state index in [4.69, 9.17) is 18.2 Å². The van der Waals surface area contributed by atoms with Crippen LogP contribution in [0.1, 0.15) is 43.0 Å². The Morgan fingerprint density at radius 3 is 2.50 bits per heavy atom. The third-order valence-electron chi connectivity index (χ3n) is 6.87. The minimum atomic E-state index is -3.83. The van der Waals surface area contributed by atoms with Gasteiger partial charge in [-0.25, -0.2) is 17.7 Å². The first kappa shape index (κ1) is 22.7. The maximum Gasteiger partial charge on any atom is 0.255 e. The van der Waals surface area contributed by atoms with E-state index in [2.05, 4.69) is 10.2 Å². The molecule has 2 bridgehead atoms. The molecule has 4 rings (SSSR count). The summed E-state index contributed by atoms with van der Waals surface area (Å²) >= 11 is 6.23. The summed E-state index contributed by atoms with van der Waals surface area (Å²) in [6.07, 6.45) is 2.30. The van der Waals surface area contributed by atoms with E-state index in [0.29, 0.717) is 12.8 Å². The number of hydrogen-bond donors (Lipinski definition) is 2. The van der Waals surface area contributed by atoms with E-state index in [-0.39, 0.29) is 38.7 Å². The summed E-state index contributed by atoms with van der Waals surface area (Å²) in [5, 5.41) is 12.6. The van der Waals surface area contributed by atoms with Crippen LogP contribution in [0.4, 0.5) is 15.8 Å². The van der Waals surface area contributed by atoms with E-state index in [1.807, 2.05) is 0 Å². The van der Waals surface area contributed by atoms with Gasteiger partial charge in [-0.05, 0) is 80.8 Å². The van der Waals surface area contributed by atoms with Gasteiger partial charge in [-0.3, -0.25) is 4.79 Å². The second-order valence-corrected chi connectivity index (χ2v) is 11.3. The fraction of sp³-hybridized carbons (Fsp3) is 0.391. The molecule has 2 saturated carbocycles. The third kappa shape index (κ3) is 3.90. The molecule has 0 aliphatic heterocycles. The van der Waals surface area contributed by atoms with Gasteiger partial charge in [-0.15, -0.1) is 0 Å². The van der Waals surface area contributed by atoms with Gasteiger partial charge < -0.3 is 10.4 Å². The van der Waals surface area contributed by atoms with Gasteiger partial charge >= 0.3 is 0 Å². The van der Waals surface area contributed by atoms with Gasteiger partial charge in [0.05, 0.1) is 27.3 Å². The van der Waals surface area contributed by atoms with Crippen LogP contribution in [0, 0.1) is 24.2 Å². The van der Waals surface area contributed by atoms with Crippen LogP contribution in [-0.4, -0.2) is 30.3 Å². The number of fused-ring (bicyclic) bond motifs is 2. The van der Waals surface area contributed by atoms with Gasteiger partial charge in [-0.1, -0.05) is 11.6 Å². The minimum absolute atomic E-state index is 0.0308. The monoisotopic (exact) mass is 476 g/mol. The van der Waals surface area contributed by atoms with Crippen molar-refractivity contribution in [1.82, 2.24) is 0 Å². The van der Waals surface area contributed by atoms with Crippen LogP contribution in [0.3, 0.4) is 0 Å². The zero-order valence-corrected chi connectivity index (χ0v) is 18.9. The first-order valence-electron chi connectivity index (χ1n) is 10.3. The first-order chi connectivity index (χ1) is 15.0. The maximum absolute atomic E-state index is 13.5. The highest BCUT2D eigenvalue weighted by atomic mass is 35.5. The minimum Gasteiger partial charge on any atom is -0.390 e. The number of carbonyl (C=O) groups is 1. The number of benzene rings is 2. The SMILES string of the molecule is [C-]#[N+]c1cc(NC(=O)c2ccc(Cl)c(S(=O)(=O)C3CC4CCC(C3)C4(C)O)c2)ccc1F. The van der Waals surface area contributed by atoms with Crippen LogP contribution in [0.5, 0.6) is 0 Å². The molecule has 1 amide bonds. The fourth-order valence-corrected chi connectivity index (χ4v) is 7.34. The van der Waals surface area contributed by atoms with Crippen molar-refractivity contribution in [2.45, 2.75) is 48.4 Å². The summed E-state index contributed by atoms with van der Waals surface area (Å²) in [7, 11) is -3.83. The summed E-state index contributed by atoms with van der Waals surface area (Å²) < 4.78 is 40.4. The van der Waals surface area contributed by atoms with Crippen molar-refractivity contribution in [2.24, 2.45) is 11.8 Å². The normalized spacial score (nSPS) is 27.0. The average Bonchev–Trinajstić information content (AvgIpc) is 2.92. The largest absolute Gasteiger partial charge is 0.390 e. The second-order valence-electron chi connectivity index (χ2n) is 8.71. The van der Waals surface area contributed by atoms with Gasteiger partial charge in [0.25, 0.3) is 5.91 Å². The molecule has 2 atom stereocenters. The topological polar surface area (TPSA) is 87.8 Å². The van der Waals surface area contributed by atoms with Crippen LogP contribution < -0.4 is 5.32 Å². The molecular weight excluding hydrogens is 455 g/mol. The Morgan fingerprint density at radius 1 is 1.22 bits per heavy atom. The summed E-state index contributed by atoms with van der Waals surface area (Å²) in [6, 6.07) is 7.63. The smallest absolute Gasteiger partial charge is 0.255 e. The Balaban J connectivity index is 1.60. The van der Waals surface area contributed by atoms with E-state index < -0.39 is 32.4 Å². The summed E-state index contributed by atoms with van der Waals surface area (Å²) in [4.78, 5) is 15.7. The number of amides is 1. The maximum atomic E-state index is 13.5. The molecule has 168 valence electrons. The number of hydrogen-bond acceptors (Lipinski definition) is 4. The molecule has 2 aliphatic carbocycles. The molecule has 0 heterocycles. The molecule has 0 radical (unpaired) electrons. The number of anilines is 1. The quantitative estimate of drug-likeness (QED) is 0.608. The van der Waals surface area contributed by atoms with Crippen molar-refractivity contribution in [3.63, 3.8) is 0 Å². The molecule has 2 unspecified atom stereocenters. The van der Waals surface area contributed by atoms with Gasteiger partial charge in [0.1, 0.15) is 5.82 Å². The molecule has 2 fully saturated rings. The standard InChI is InChI=1S/C23H22ClFN2O4S/c1-23(29)14-4-5-15(23)11-17(10-14)32(30,31)21-9-13(3-7-18(21)24)22(28)27-16-6-8-19(25)20(12-16)26-2/h3,6-9,12,14-15,17,29H,4-5,10-11H2,1H3,(H,27,28). The highest BCUT2D eigenvalue weighted by Crippen LogP contribution is 2.51. The van der Waals surface area contributed by atoms with Gasteiger partial charge in [0.2, 0.25) is 5.69 Å². The van der Waals surface area contributed by atoms with Crippen LogP contribution in [-0.2, 0) is 9.84 Å². The number of nitrogens with zero attached hydrogens (tertiary/aromatic N) is 1. The number of nitrogens with one attached hydrogen (secondary N) is 1. The van der Waals surface area contributed by atoms with Crippen molar-refractivity contribution in [3.8, 4) is 0 Å². The summed E-state index contributed by atoms with van der Waals surface area (Å²) in [6.45, 7) is 8.76. The Hall–Kier alpha value is -2.47. The van der Waals surface area contributed by atoms with E-state index in [1.54, 1.807) is 6.92 Å². The van der Waals surface area contributed by atoms with Crippen molar-refractivity contribution in [3.05, 3.63) is 64.2 Å². The number of halogens is 2. The average molecular weight is 477 g/mol. The number of aliphatic hydroxyl groups is 1. The zero-order valence-electron chi connectivity index (χ0n) is 17.3. The Bertz CT molecular complexity index is 1220. The third-order valence-corrected chi connectivity index (χ3v) is 9.53. The zero-order chi connectivity index (χ0) is 23.3. The van der Waals surface area contributed by atoms with Crippen molar-refractivity contribution in [2.75, 3.05) is 5.32 Å². The van der Waals surface area contributed by atoms with Crippen LogP contribution in [0.15, 0.2) is 41.3 Å². The lowest BCUT2D eigenvalue weighted by atomic mass is 9.76. The van der Waals surface area contributed by atoms with E-state index in [9.17, 15) is 22.7 Å². The Kier molecular flexibility index (Phi) is 5.78. The number of rotatable bonds is 4. The number of sulfone groups is 1. The summed E-state index contributed by atoms with van der Waals surface area (Å²) in [5.74, 6) is -1.46. The predicted octanol–water partition coefficient (Wildman–Crippen LogP) is 5.00. The van der Waals surface area contributed by atoms with Crippen LogP contribution >= 0.6 is 11.6 Å². The van der Waals surface area contributed by atoms with Gasteiger partial charge in [0.15, 0.2) is 9.84 Å². The molecule has 2 aromatic carbocycles. The van der Waals surface area contributed by atoms with E-state index in [0.717, 1.165) is 18.9 Å². The van der Waals surface area contributed by atoms with Crippen LogP contribution in [0.2, 0.25) is 5.02 Å². The lowest BCUT2D eigenvalue weighted by Gasteiger charge is -2.40. The van der Waals surface area contributed by atoms with Crippen molar-refractivity contribution in [1.29, 1.82) is 0 Å². The Morgan fingerprint density at radius 2 is 1.88 bits per heavy atom. The lowest BCUT2D eigenvalue weighted by Crippen LogP contribution is -2.45. The van der Waals surface area contributed by atoms with Crippen molar-refractivity contribution >= 4 is 38.7 Å². The molecule has 9 heteroatoms. The van der Waals surface area contributed by atoms with Gasteiger partial charge in [0, 0.05) is 11.3 Å². The first-order valence-corrected chi connectivity index (χ1v) is 12.2. The molecule has 0 aromatic heterocycles. The van der Waals surface area contributed by atoms with E-state index >= 15 is 0 Å².